The Labute approximate surface area is 133 Å². The highest BCUT2D eigenvalue weighted by Crippen LogP contribution is 2.38. The molecule has 114 valence electrons. The number of nitrogens with one attached hydrogen (secondary N) is 1. The first-order chi connectivity index (χ1) is 10.7. The number of benzene rings is 1. The van der Waals surface area contributed by atoms with Gasteiger partial charge in [-0.2, -0.15) is 0 Å². The highest BCUT2D eigenvalue weighted by Gasteiger charge is 2.24. The Morgan fingerprint density at radius 2 is 2.05 bits per heavy atom. The van der Waals surface area contributed by atoms with Crippen LogP contribution in [0.25, 0.3) is 11.0 Å². The number of fused-ring (bicyclic) bond motifs is 2. The van der Waals surface area contributed by atoms with Gasteiger partial charge in [0.2, 0.25) is 0 Å². The van der Waals surface area contributed by atoms with E-state index in [4.69, 9.17) is 11.6 Å². The van der Waals surface area contributed by atoms with Crippen molar-refractivity contribution in [3.8, 4) is 5.88 Å². The molecule has 0 atom stereocenters. The van der Waals surface area contributed by atoms with Crippen LogP contribution in [0.3, 0.4) is 0 Å². The van der Waals surface area contributed by atoms with Crippen LogP contribution in [-0.2, 0) is 6.42 Å². The molecule has 0 unspecified atom stereocenters. The van der Waals surface area contributed by atoms with E-state index in [0.717, 1.165) is 30.0 Å². The van der Waals surface area contributed by atoms with Gasteiger partial charge < -0.3 is 15.0 Å². The van der Waals surface area contributed by atoms with E-state index >= 15 is 0 Å². The quantitative estimate of drug-likeness (QED) is 0.711. The summed E-state index contributed by atoms with van der Waals surface area (Å²) in [5, 5.41) is 10.3. The molecule has 3 heterocycles. The lowest BCUT2D eigenvalue weighted by molar-refractivity contribution is 0.458. The second-order valence-electron chi connectivity index (χ2n) is 4.79. The molecule has 0 saturated carbocycles. The summed E-state index contributed by atoms with van der Waals surface area (Å²) in [4.78, 5) is 13.5. The van der Waals surface area contributed by atoms with E-state index in [2.05, 4.69) is 19.9 Å². The zero-order valence-corrected chi connectivity index (χ0v) is 13.2. The normalized spacial score (nSPS) is 13.0. The number of nitrogens with zero attached hydrogens (tertiary/aromatic N) is 3. The van der Waals surface area contributed by atoms with Gasteiger partial charge in [0.25, 0.3) is 0 Å². The number of hydrogen-bond acceptors (Lipinski definition) is 4. The second kappa shape index (κ2) is 5.85. The molecule has 0 bridgehead atoms. The molecule has 0 saturated heterocycles. The highest BCUT2D eigenvalue weighted by atomic mass is 35.5. The predicted molar refractivity (Wildman–Crippen MR) is 89.1 cm³/mol. The van der Waals surface area contributed by atoms with Gasteiger partial charge >= 0.3 is 0 Å². The number of hydrogen-bond donors (Lipinski definition) is 2. The lowest BCUT2D eigenvalue weighted by Gasteiger charge is -2.18. The van der Waals surface area contributed by atoms with Gasteiger partial charge in [0.1, 0.15) is 11.8 Å². The smallest absolute Gasteiger partial charge is 0.191 e. The molecule has 1 aliphatic heterocycles. The summed E-state index contributed by atoms with van der Waals surface area (Å²) in [6.07, 6.45) is 2.46. The number of H-pyrrole nitrogens is 1. The Balaban J connectivity index is 0.000000693. The average molecular weight is 317 g/mol. The number of halogens is 1. The van der Waals surface area contributed by atoms with E-state index in [9.17, 15) is 5.11 Å². The van der Waals surface area contributed by atoms with Crippen LogP contribution in [0.15, 0.2) is 30.6 Å². The Hall–Kier alpha value is -2.27. The highest BCUT2D eigenvalue weighted by molar-refractivity contribution is 6.31. The van der Waals surface area contributed by atoms with E-state index in [1.54, 1.807) is 6.07 Å². The third-order valence-corrected chi connectivity index (χ3v) is 3.82. The van der Waals surface area contributed by atoms with Gasteiger partial charge in [-0.15, -0.1) is 0 Å². The monoisotopic (exact) mass is 316 g/mol. The minimum absolute atomic E-state index is 0.0901. The number of aromatic nitrogens is 3. The van der Waals surface area contributed by atoms with Crippen molar-refractivity contribution < 1.29 is 5.11 Å². The van der Waals surface area contributed by atoms with Crippen LogP contribution in [0.4, 0.5) is 11.5 Å². The van der Waals surface area contributed by atoms with Crippen LogP contribution in [0, 0.1) is 0 Å². The molecule has 4 rings (SSSR count). The van der Waals surface area contributed by atoms with Crippen molar-refractivity contribution in [2.45, 2.75) is 20.3 Å². The Kier molecular flexibility index (Phi) is 3.90. The lowest BCUT2D eigenvalue weighted by Crippen LogP contribution is -2.15. The van der Waals surface area contributed by atoms with E-state index in [1.807, 2.05) is 32.0 Å². The first kappa shape index (κ1) is 14.7. The van der Waals surface area contributed by atoms with Crippen LogP contribution >= 0.6 is 11.6 Å². The van der Waals surface area contributed by atoms with Crippen LogP contribution in [0.5, 0.6) is 5.88 Å². The second-order valence-corrected chi connectivity index (χ2v) is 5.22. The third-order valence-electron chi connectivity index (χ3n) is 3.58. The molecule has 3 aromatic rings. The molecular formula is C16H17ClN4O. The number of rotatable bonds is 1. The summed E-state index contributed by atoms with van der Waals surface area (Å²) in [6, 6.07) is 7.48. The zero-order valence-electron chi connectivity index (χ0n) is 12.5. The van der Waals surface area contributed by atoms with Gasteiger partial charge in [-0.05, 0) is 24.1 Å². The molecule has 0 spiro atoms. The Bertz CT molecular complexity index is 815. The lowest BCUT2D eigenvalue weighted by atomic mass is 10.2. The fraction of sp³-hybridized carbons (Fsp3) is 0.250. The largest absolute Gasteiger partial charge is 0.495 e. The first-order valence-corrected chi connectivity index (χ1v) is 7.69. The van der Waals surface area contributed by atoms with Crippen molar-refractivity contribution >= 4 is 34.1 Å². The molecule has 2 N–H and O–H groups in total. The van der Waals surface area contributed by atoms with E-state index < -0.39 is 0 Å². The van der Waals surface area contributed by atoms with Crippen molar-refractivity contribution in [2.24, 2.45) is 0 Å². The fourth-order valence-corrected chi connectivity index (χ4v) is 2.86. The molecule has 2 aromatic heterocycles. The fourth-order valence-electron chi connectivity index (χ4n) is 2.69. The van der Waals surface area contributed by atoms with Crippen molar-refractivity contribution in [1.82, 2.24) is 15.0 Å². The summed E-state index contributed by atoms with van der Waals surface area (Å²) in [7, 11) is 0. The molecule has 5 nitrogen and oxygen atoms in total. The molecule has 1 aliphatic rings. The van der Waals surface area contributed by atoms with Crippen LogP contribution in [0.1, 0.15) is 19.4 Å². The zero-order chi connectivity index (χ0) is 15.7. The molecular weight excluding hydrogens is 300 g/mol. The van der Waals surface area contributed by atoms with Gasteiger partial charge in [0.15, 0.2) is 11.7 Å². The molecule has 0 aliphatic carbocycles. The molecule has 0 fully saturated rings. The number of aromatic hydroxyl groups is 1. The first-order valence-electron chi connectivity index (χ1n) is 7.31. The minimum Gasteiger partial charge on any atom is -0.495 e. The van der Waals surface area contributed by atoms with Crippen LogP contribution in [-0.4, -0.2) is 26.6 Å². The SMILES string of the molecule is CC.Oc1cc2ncnc(N3CCc4ccc(Cl)cc43)c2[nH]1. The summed E-state index contributed by atoms with van der Waals surface area (Å²) in [5.74, 6) is 0.851. The Morgan fingerprint density at radius 3 is 2.86 bits per heavy atom. The van der Waals surface area contributed by atoms with Gasteiger partial charge in [-0.1, -0.05) is 31.5 Å². The summed E-state index contributed by atoms with van der Waals surface area (Å²) in [6.45, 7) is 4.83. The van der Waals surface area contributed by atoms with Gasteiger partial charge in [-0.25, -0.2) is 9.97 Å². The number of anilines is 2. The molecule has 0 radical (unpaired) electrons. The summed E-state index contributed by atoms with van der Waals surface area (Å²) < 4.78 is 0. The van der Waals surface area contributed by atoms with Crippen molar-refractivity contribution in [3.05, 3.63) is 41.2 Å². The van der Waals surface area contributed by atoms with E-state index in [-0.39, 0.29) is 5.88 Å². The standard InChI is InChI=1S/C14H11ClN4O.C2H6/c15-9-2-1-8-3-4-19(11(8)5-9)14-13-10(16-7-17-14)6-12(20)18-13;1-2/h1-2,5-7,18,20H,3-4H2;1-2H3. The summed E-state index contributed by atoms with van der Waals surface area (Å²) >= 11 is 6.09. The van der Waals surface area contributed by atoms with Gasteiger partial charge in [0.05, 0.1) is 5.52 Å². The molecule has 0 amide bonds. The maximum atomic E-state index is 9.60. The topological polar surface area (TPSA) is 65.0 Å². The molecule has 1 aromatic carbocycles. The maximum absolute atomic E-state index is 9.60. The van der Waals surface area contributed by atoms with Gasteiger partial charge in [-0.3, -0.25) is 0 Å². The van der Waals surface area contributed by atoms with Crippen molar-refractivity contribution in [2.75, 3.05) is 11.4 Å². The molecule has 6 heteroatoms. The maximum Gasteiger partial charge on any atom is 0.191 e. The van der Waals surface area contributed by atoms with E-state index in [0.29, 0.717) is 10.5 Å². The summed E-state index contributed by atoms with van der Waals surface area (Å²) in [5.41, 5.74) is 3.74. The average Bonchev–Trinajstić information content (AvgIpc) is 3.11. The number of aromatic amines is 1. The third kappa shape index (κ3) is 2.37. The van der Waals surface area contributed by atoms with Gasteiger partial charge in [0, 0.05) is 23.3 Å². The van der Waals surface area contributed by atoms with Crippen LogP contribution < -0.4 is 4.90 Å². The van der Waals surface area contributed by atoms with Crippen molar-refractivity contribution in [3.63, 3.8) is 0 Å². The predicted octanol–water partition coefficient (Wildman–Crippen LogP) is 4.04. The minimum atomic E-state index is 0.0901. The Morgan fingerprint density at radius 1 is 1.23 bits per heavy atom. The van der Waals surface area contributed by atoms with E-state index in [1.165, 1.54) is 11.9 Å². The van der Waals surface area contributed by atoms with Crippen LogP contribution in [0.2, 0.25) is 5.02 Å². The molecule has 22 heavy (non-hydrogen) atoms. The van der Waals surface area contributed by atoms with Crippen molar-refractivity contribution in [1.29, 1.82) is 0 Å².